The van der Waals surface area contributed by atoms with Crippen molar-refractivity contribution in [2.24, 2.45) is 0 Å². The number of para-hydroxylation sites is 1. The Balaban J connectivity index is 1.62. The van der Waals surface area contributed by atoms with Gasteiger partial charge >= 0.3 is 0 Å². The van der Waals surface area contributed by atoms with Gasteiger partial charge in [0.25, 0.3) is 5.91 Å². The molecule has 2 aliphatic heterocycles. The predicted octanol–water partition coefficient (Wildman–Crippen LogP) is 4.07. The Morgan fingerprint density at radius 2 is 1.91 bits per heavy atom. The van der Waals surface area contributed by atoms with Crippen LogP contribution in [0.1, 0.15) is 44.7 Å². The molecule has 0 bridgehead atoms. The summed E-state index contributed by atoms with van der Waals surface area (Å²) in [5, 5.41) is 3.48. The van der Waals surface area contributed by atoms with Crippen molar-refractivity contribution in [3.05, 3.63) is 53.1 Å². The van der Waals surface area contributed by atoms with Gasteiger partial charge in [0.1, 0.15) is 17.1 Å². The molecule has 0 saturated carbocycles. The molecule has 0 saturated heterocycles. The second kappa shape index (κ2) is 8.48. The molecule has 4 rings (SSSR count). The molecule has 2 aliphatic rings. The summed E-state index contributed by atoms with van der Waals surface area (Å²) in [6.07, 6.45) is 2.34. The van der Waals surface area contributed by atoms with E-state index in [1.165, 1.54) is 10.4 Å². The molecule has 1 amide bonds. The second-order valence-electron chi connectivity index (χ2n) is 8.31. The first kappa shape index (κ1) is 22.7. The van der Waals surface area contributed by atoms with E-state index < -0.39 is 16.1 Å². The molecule has 0 unspecified atom stereocenters. The number of rotatable bonds is 5. The van der Waals surface area contributed by atoms with Crippen LogP contribution in [-0.4, -0.2) is 38.8 Å². The minimum Gasteiger partial charge on any atom is -0.487 e. The molecule has 1 N–H and O–H groups in total. The molecule has 7 nitrogen and oxygen atoms in total. The molecule has 2 atom stereocenters. The van der Waals surface area contributed by atoms with E-state index in [-0.39, 0.29) is 24.1 Å². The Labute approximate surface area is 193 Å². The van der Waals surface area contributed by atoms with Crippen LogP contribution >= 0.6 is 11.6 Å². The van der Waals surface area contributed by atoms with Crippen molar-refractivity contribution in [3.8, 4) is 11.5 Å². The summed E-state index contributed by atoms with van der Waals surface area (Å²) in [5.41, 5.74) is 0.861. The highest BCUT2D eigenvalue weighted by molar-refractivity contribution is 7.92. The van der Waals surface area contributed by atoms with E-state index in [1.807, 2.05) is 24.3 Å². The molecule has 0 fully saturated rings. The maximum absolute atomic E-state index is 13.3. The molecule has 2 aromatic rings. The lowest BCUT2D eigenvalue weighted by Gasteiger charge is -2.42. The van der Waals surface area contributed by atoms with Gasteiger partial charge in [-0.15, -0.1) is 0 Å². The highest BCUT2D eigenvalue weighted by Gasteiger charge is 2.41. The second-order valence-corrected chi connectivity index (χ2v) is 10.7. The van der Waals surface area contributed by atoms with Crippen LogP contribution in [0.4, 0.5) is 5.69 Å². The van der Waals surface area contributed by atoms with E-state index in [9.17, 15) is 13.2 Å². The third kappa shape index (κ3) is 4.26. The van der Waals surface area contributed by atoms with Crippen LogP contribution in [0.2, 0.25) is 5.02 Å². The number of sulfonamides is 1. The number of nitrogens with zero attached hydrogens (tertiary/aromatic N) is 1. The van der Waals surface area contributed by atoms with Crippen molar-refractivity contribution in [1.82, 2.24) is 5.32 Å². The van der Waals surface area contributed by atoms with Crippen LogP contribution in [0.3, 0.4) is 0 Å². The minimum absolute atomic E-state index is 0.129. The number of fused-ring (bicyclic) bond motifs is 2. The average molecular weight is 479 g/mol. The summed E-state index contributed by atoms with van der Waals surface area (Å²) < 4.78 is 38.2. The normalized spacial score (nSPS) is 21.6. The third-order valence-electron chi connectivity index (χ3n) is 6.29. The number of ether oxygens (including phenoxy) is 2. The summed E-state index contributed by atoms with van der Waals surface area (Å²) in [5.74, 6) is 0.687. The Bertz CT molecular complexity index is 1130. The van der Waals surface area contributed by atoms with Gasteiger partial charge in [-0.2, -0.15) is 0 Å². The smallest absolute Gasteiger partial charge is 0.263 e. The van der Waals surface area contributed by atoms with Crippen molar-refractivity contribution in [1.29, 1.82) is 0 Å². The topological polar surface area (TPSA) is 84.9 Å². The van der Waals surface area contributed by atoms with Crippen molar-refractivity contribution in [2.45, 2.75) is 50.9 Å². The molecular weight excluding hydrogens is 452 g/mol. The summed E-state index contributed by atoms with van der Waals surface area (Å²) >= 11 is 6.05. The molecular formula is C23H27ClN2O5S. The number of carbonyl (C=O) groups excluding carboxylic acids is 1. The van der Waals surface area contributed by atoms with Crippen LogP contribution in [0, 0.1) is 0 Å². The number of anilines is 1. The number of amides is 1. The largest absolute Gasteiger partial charge is 0.487 e. The van der Waals surface area contributed by atoms with E-state index in [4.69, 9.17) is 21.1 Å². The van der Waals surface area contributed by atoms with E-state index >= 15 is 0 Å². The van der Waals surface area contributed by atoms with Gasteiger partial charge in [0, 0.05) is 17.0 Å². The van der Waals surface area contributed by atoms with Crippen molar-refractivity contribution >= 4 is 33.2 Å². The van der Waals surface area contributed by atoms with Gasteiger partial charge in [0.15, 0.2) is 6.10 Å². The van der Waals surface area contributed by atoms with Crippen molar-refractivity contribution < 1.29 is 22.7 Å². The average Bonchev–Trinajstić information content (AvgIpc) is 2.77. The highest BCUT2D eigenvalue weighted by atomic mass is 35.5. The van der Waals surface area contributed by atoms with Gasteiger partial charge in [0.05, 0.1) is 24.5 Å². The van der Waals surface area contributed by atoms with Gasteiger partial charge < -0.3 is 14.8 Å². The molecule has 172 valence electrons. The van der Waals surface area contributed by atoms with Crippen molar-refractivity contribution in [3.63, 3.8) is 0 Å². The first-order valence-electron chi connectivity index (χ1n) is 10.7. The maximum atomic E-state index is 13.3. The van der Waals surface area contributed by atoms with E-state index in [1.54, 1.807) is 12.1 Å². The lowest BCUT2D eigenvalue weighted by molar-refractivity contribution is -0.129. The standard InChI is InChI=1S/C23H27ClN2O5S/c1-4-23(5-2)13-17(16-8-6-7-9-19(16)31-23)25-22(27)21-14-26(32(3,28)29)18-12-15(24)10-11-20(18)30-21/h6-12,17,21H,4-5,13-14H2,1-3H3,(H,25,27)/t17-,21-/m1/s1. The molecule has 9 heteroatoms. The van der Waals surface area contributed by atoms with Gasteiger partial charge in [-0.05, 0) is 37.1 Å². The number of carbonyl (C=O) groups is 1. The zero-order valence-electron chi connectivity index (χ0n) is 18.3. The Morgan fingerprint density at radius 3 is 2.59 bits per heavy atom. The molecule has 32 heavy (non-hydrogen) atoms. The van der Waals surface area contributed by atoms with Gasteiger partial charge in [-0.1, -0.05) is 43.6 Å². The first-order valence-corrected chi connectivity index (χ1v) is 12.9. The zero-order chi connectivity index (χ0) is 23.1. The molecule has 0 radical (unpaired) electrons. The van der Waals surface area contributed by atoms with Crippen LogP contribution in [0.25, 0.3) is 0 Å². The SMILES string of the molecule is CCC1(CC)C[C@@H](NC(=O)[C@H]2CN(S(C)(=O)=O)c3cc(Cl)ccc3O2)c2ccccc2O1. The third-order valence-corrected chi connectivity index (χ3v) is 7.67. The van der Waals surface area contributed by atoms with Crippen LogP contribution < -0.4 is 19.1 Å². The van der Waals surface area contributed by atoms with Gasteiger partial charge in [-0.3, -0.25) is 9.10 Å². The van der Waals surface area contributed by atoms with Crippen LogP contribution in [-0.2, 0) is 14.8 Å². The fourth-order valence-electron chi connectivity index (χ4n) is 4.37. The molecule has 0 aromatic heterocycles. The quantitative estimate of drug-likeness (QED) is 0.700. The first-order chi connectivity index (χ1) is 15.2. The highest BCUT2D eigenvalue weighted by Crippen LogP contribution is 2.43. The fourth-order valence-corrected chi connectivity index (χ4v) is 5.44. The van der Waals surface area contributed by atoms with E-state index in [2.05, 4.69) is 19.2 Å². The fraction of sp³-hybridized carbons (Fsp3) is 0.435. The predicted molar refractivity (Wildman–Crippen MR) is 124 cm³/mol. The lowest BCUT2D eigenvalue weighted by Crippen LogP contribution is -2.52. The van der Waals surface area contributed by atoms with Crippen LogP contribution in [0.5, 0.6) is 11.5 Å². The number of halogens is 1. The molecule has 0 aliphatic carbocycles. The summed E-state index contributed by atoms with van der Waals surface area (Å²) in [6, 6.07) is 12.1. The van der Waals surface area contributed by atoms with E-state index in [0.717, 1.165) is 30.4 Å². The van der Waals surface area contributed by atoms with Gasteiger partial charge in [-0.25, -0.2) is 8.42 Å². The Hall–Kier alpha value is -2.45. The Morgan fingerprint density at radius 1 is 1.19 bits per heavy atom. The van der Waals surface area contributed by atoms with Crippen LogP contribution in [0.15, 0.2) is 42.5 Å². The summed E-state index contributed by atoms with van der Waals surface area (Å²) in [6.45, 7) is 4.02. The lowest BCUT2D eigenvalue weighted by atomic mass is 9.83. The molecule has 0 spiro atoms. The summed E-state index contributed by atoms with van der Waals surface area (Å²) in [7, 11) is -3.64. The number of nitrogens with one attached hydrogen (secondary N) is 1. The number of hydrogen-bond acceptors (Lipinski definition) is 5. The minimum atomic E-state index is -3.64. The van der Waals surface area contributed by atoms with Gasteiger partial charge in [0.2, 0.25) is 10.0 Å². The van der Waals surface area contributed by atoms with Crippen molar-refractivity contribution in [2.75, 3.05) is 17.1 Å². The monoisotopic (exact) mass is 478 g/mol. The maximum Gasteiger partial charge on any atom is 0.263 e. The Kier molecular flexibility index (Phi) is 6.02. The van der Waals surface area contributed by atoms with E-state index in [0.29, 0.717) is 22.9 Å². The number of hydrogen-bond donors (Lipinski definition) is 1. The number of benzene rings is 2. The molecule has 2 aromatic carbocycles. The summed E-state index contributed by atoms with van der Waals surface area (Å²) in [4.78, 5) is 13.3. The molecule has 2 heterocycles. The zero-order valence-corrected chi connectivity index (χ0v) is 19.9.